The van der Waals surface area contributed by atoms with Crippen LogP contribution >= 0.6 is 0 Å². The molecule has 1 atom stereocenters. The molecule has 0 saturated carbocycles. The molecule has 0 radical (unpaired) electrons. The van der Waals surface area contributed by atoms with Crippen LogP contribution in [0.4, 0.5) is 0 Å². The highest BCUT2D eigenvalue weighted by Gasteiger charge is 2.27. The van der Waals surface area contributed by atoms with E-state index in [1.807, 2.05) is 0 Å². The smallest absolute Gasteiger partial charge is 0.308 e. The first-order valence-electron chi connectivity index (χ1n) is 7.53. The van der Waals surface area contributed by atoms with Crippen molar-refractivity contribution in [1.29, 1.82) is 0 Å². The lowest BCUT2D eigenvalue weighted by Gasteiger charge is -2.29. The molecular formula is C17H20N2O4. The highest BCUT2D eigenvalue weighted by atomic mass is 16.4. The lowest BCUT2D eigenvalue weighted by atomic mass is 9.98. The monoisotopic (exact) mass is 316 g/mol. The molecule has 6 heteroatoms. The topological polar surface area (TPSA) is 86.7 Å². The Labute approximate surface area is 134 Å². The van der Waals surface area contributed by atoms with Crippen molar-refractivity contribution in [3.8, 4) is 0 Å². The van der Waals surface area contributed by atoms with Crippen molar-refractivity contribution >= 4 is 23.9 Å². The minimum Gasteiger partial charge on any atom is -0.481 e. The number of rotatable bonds is 4. The maximum absolute atomic E-state index is 12.1. The Morgan fingerprint density at radius 1 is 1.26 bits per heavy atom. The minimum atomic E-state index is -0.851. The van der Waals surface area contributed by atoms with Crippen LogP contribution in [0.5, 0.6) is 0 Å². The molecule has 1 aromatic rings. The molecule has 1 heterocycles. The van der Waals surface area contributed by atoms with Gasteiger partial charge < -0.3 is 15.3 Å². The molecule has 23 heavy (non-hydrogen) atoms. The lowest BCUT2D eigenvalue weighted by Crippen LogP contribution is -2.41. The molecule has 2 amide bonds. The third-order valence-corrected chi connectivity index (χ3v) is 3.90. The van der Waals surface area contributed by atoms with E-state index in [0.717, 1.165) is 5.56 Å². The molecule has 1 unspecified atom stereocenters. The van der Waals surface area contributed by atoms with Gasteiger partial charge in [-0.2, -0.15) is 0 Å². The van der Waals surface area contributed by atoms with Gasteiger partial charge >= 0.3 is 5.97 Å². The Hall–Kier alpha value is -2.63. The molecule has 0 aliphatic carbocycles. The molecule has 122 valence electrons. The number of carboxylic acids is 1. The number of benzene rings is 1. The summed E-state index contributed by atoms with van der Waals surface area (Å²) in [6.45, 7) is 0.844. The van der Waals surface area contributed by atoms with Crippen molar-refractivity contribution in [2.45, 2.75) is 12.8 Å². The van der Waals surface area contributed by atoms with Crippen LogP contribution in [0, 0.1) is 5.92 Å². The molecule has 0 aromatic heterocycles. The molecule has 0 bridgehead atoms. The van der Waals surface area contributed by atoms with Gasteiger partial charge in [0.2, 0.25) is 5.91 Å². The van der Waals surface area contributed by atoms with Crippen LogP contribution in [0.3, 0.4) is 0 Å². The zero-order chi connectivity index (χ0) is 16.8. The average molecular weight is 316 g/mol. The van der Waals surface area contributed by atoms with E-state index in [-0.39, 0.29) is 18.4 Å². The molecule has 2 N–H and O–H groups in total. The Morgan fingerprint density at radius 2 is 1.96 bits per heavy atom. The summed E-state index contributed by atoms with van der Waals surface area (Å²) in [5, 5.41) is 11.6. The van der Waals surface area contributed by atoms with Crippen LogP contribution in [0.1, 0.15) is 28.8 Å². The molecular weight excluding hydrogens is 296 g/mol. The van der Waals surface area contributed by atoms with Gasteiger partial charge in [-0.25, -0.2) is 0 Å². The Morgan fingerprint density at radius 3 is 2.57 bits per heavy atom. The van der Waals surface area contributed by atoms with Crippen LogP contribution in [0.25, 0.3) is 6.08 Å². The van der Waals surface area contributed by atoms with Gasteiger partial charge in [-0.1, -0.05) is 12.1 Å². The van der Waals surface area contributed by atoms with E-state index >= 15 is 0 Å². The van der Waals surface area contributed by atoms with E-state index in [2.05, 4.69) is 5.32 Å². The van der Waals surface area contributed by atoms with Crippen molar-refractivity contribution in [3.63, 3.8) is 0 Å². The summed E-state index contributed by atoms with van der Waals surface area (Å²) in [6.07, 6.45) is 4.43. The number of carboxylic acid groups (broad SMARTS) is 1. The summed E-state index contributed by atoms with van der Waals surface area (Å²) < 4.78 is 0. The van der Waals surface area contributed by atoms with Gasteiger partial charge in [0.25, 0.3) is 5.91 Å². The third-order valence-electron chi connectivity index (χ3n) is 3.90. The maximum Gasteiger partial charge on any atom is 0.308 e. The fourth-order valence-electron chi connectivity index (χ4n) is 2.54. The summed E-state index contributed by atoms with van der Waals surface area (Å²) in [5.41, 5.74) is 1.36. The molecule has 0 spiro atoms. The Kier molecular flexibility index (Phi) is 5.51. The van der Waals surface area contributed by atoms with Crippen molar-refractivity contribution in [2.24, 2.45) is 5.92 Å². The molecule has 1 fully saturated rings. The summed E-state index contributed by atoms with van der Waals surface area (Å²) >= 11 is 0. The summed E-state index contributed by atoms with van der Waals surface area (Å²) in [5.74, 6) is -1.68. The highest BCUT2D eigenvalue weighted by Crippen LogP contribution is 2.17. The van der Waals surface area contributed by atoms with Gasteiger partial charge in [0.15, 0.2) is 0 Å². The second-order valence-corrected chi connectivity index (χ2v) is 5.50. The number of carbonyl (C=O) groups is 3. The quantitative estimate of drug-likeness (QED) is 0.822. The largest absolute Gasteiger partial charge is 0.481 e. The first kappa shape index (κ1) is 16.7. The van der Waals surface area contributed by atoms with E-state index in [0.29, 0.717) is 24.9 Å². The second kappa shape index (κ2) is 7.58. The standard InChI is InChI=1S/C17H20N2O4/c1-18-16(21)13-7-4-12(5-8-13)6-9-15(20)19-10-2-3-14(11-19)17(22)23/h4-9,14H,2-3,10-11H2,1H3,(H,18,21)(H,22,23)/b9-6+. The van der Waals surface area contributed by atoms with Gasteiger partial charge in [0, 0.05) is 31.8 Å². The number of piperidine rings is 1. The van der Waals surface area contributed by atoms with E-state index in [4.69, 9.17) is 5.11 Å². The molecule has 1 saturated heterocycles. The predicted octanol–water partition coefficient (Wildman–Crippen LogP) is 1.38. The van der Waals surface area contributed by atoms with E-state index in [9.17, 15) is 14.4 Å². The van der Waals surface area contributed by atoms with E-state index < -0.39 is 11.9 Å². The zero-order valence-corrected chi connectivity index (χ0v) is 13.0. The summed E-state index contributed by atoms with van der Waals surface area (Å²) in [4.78, 5) is 36.2. The van der Waals surface area contributed by atoms with Gasteiger partial charge in [0.1, 0.15) is 0 Å². The van der Waals surface area contributed by atoms with Crippen LogP contribution < -0.4 is 5.32 Å². The van der Waals surface area contributed by atoms with Gasteiger partial charge in [0.05, 0.1) is 5.92 Å². The van der Waals surface area contributed by atoms with Crippen molar-refractivity contribution in [1.82, 2.24) is 10.2 Å². The highest BCUT2D eigenvalue weighted by molar-refractivity contribution is 5.95. The molecule has 1 aromatic carbocycles. The molecule has 1 aliphatic heterocycles. The number of amides is 2. The second-order valence-electron chi connectivity index (χ2n) is 5.50. The van der Waals surface area contributed by atoms with Crippen LogP contribution in [0.2, 0.25) is 0 Å². The lowest BCUT2D eigenvalue weighted by molar-refractivity contribution is -0.144. The average Bonchev–Trinajstić information content (AvgIpc) is 2.59. The number of aliphatic carboxylic acids is 1. The summed E-state index contributed by atoms with van der Waals surface area (Å²) in [7, 11) is 1.57. The number of nitrogens with one attached hydrogen (secondary N) is 1. The Bertz CT molecular complexity index is 622. The zero-order valence-electron chi connectivity index (χ0n) is 13.0. The number of likely N-dealkylation sites (tertiary alicyclic amines) is 1. The van der Waals surface area contributed by atoms with Crippen LogP contribution in [-0.2, 0) is 9.59 Å². The minimum absolute atomic E-state index is 0.162. The number of carbonyl (C=O) groups excluding carboxylic acids is 2. The first-order valence-corrected chi connectivity index (χ1v) is 7.53. The maximum atomic E-state index is 12.1. The SMILES string of the molecule is CNC(=O)c1ccc(/C=C/C(=O)N2CCCC(C(=O)O)C2)cc1. The van der Waals surface area contributed by atoms with Crippen LogP contribution in [-0.4, -0.2) is 47.9 Å². The third kappa shape index (κ3) is 4.42. The van der Waals surface area contributed by atoms with E-state index in [1.165, 1.54) is 6.08 Å². The van der Waals surface area contributed by atoms with Crippen LogP contribution in [0.15, 0.2) is 30.3 Å². The normalized spacial score (nSPS) is 18.0. The Balaban J connectivity index is 1.97. The predicted molar refractivity (Wildman–Crippen MR) is 85.8 cm³/mol. The molecule has 1 aliphatic rings. The van der Waals surface area contributed by atoms with Gasteiger partial charge in [-0.15, -0.1) is 0 Å². The number of hydrogen-bond acceptors (Lipinski definition) is 3. The number of hydrogen-bond donors (Lipinski definition) is 2. The van der Waals surface area contributed by atoms with Gasteiger partial charge in [-0.3, -0.25) is 14.4 Å². The summed E-state index contributed by atoms with van der Waals surface area (Å²) in [6, 6.07) is 6.88. The van der Waals surface area contributed by atoms with Crippen molar-refractivity contribution in [2.75, 3.05) is 20.1 Å². The first-order chi connectivity index (χ1) is 11.0. The van der Waals surface area contributed by atoms with Crippen molar-refractivity contribution < 1.29 is 19.5 Å². The number of nitrogens with zero attached hydrogens (tertiary/aromatic N) is 1. The molecule has 2 rings (SSSR count). The fourth-order valence-corrected chi connectivity index (χ4v) is 2.54. The fraction of sp³-hybridized carbons (Fsp3) is 0.353. The van der Waals surface area contributed by atoms with Crippen molar-refractivity contribution in [3.05, 3.63) is 41.5 Å². The van der Waals surface area contributed by atoms with E-state index in [1.54, 1.807) is 42.3 Å². The molecule has 6 nitrogen and oxygen atoms in total. The van der Waals surface area contributed by atoms with Gasteiger partial charge in [-0.05, 0) is 36.6 Å².